The molecule has 0 amide bonds. The van der Waals surface area contributed by atoms with Crippen molar-refractivity contribution in [2.75, 3.05) is 13.2 Å². The summed E-state index contributed by atoms with van der Waals surface area (Å²) in [5.41, 5.74) is 0. The lowest BCUT2D eigenvalue weighted by molar-refractivity contribution is -0.161. The van der Waals surface area contributed by atoms with Crippen molar-refractivity contribution in [1.82, 2.24) is 0 Å². The maximum absolute atomic E-state index is 11.8. The molecule has 166 valence electrons. The molecule has 1 atom stereocenters. The smallest absolute Gasteiger partial charge is 0.306 e. The minimum absolute atomic E-state index is 0.0662. The highest BCUT2D eigenvalue weighted by Crippen LogP contribution is 2.13. The molecular formula is C23H44O5. The molecule has 1 N–H and O–H groups in total. The average Bonchev–Trinajstić information content (AvgIpc) is 2.70. The minimum atomic E-state index is -0.754. The normalized spacial score (nSPS) is 12.0. The van der Waals surface area contributed by atoms with Gasteiger partial charge in [-0.15, -0.1) is 0 Å². The third-order valence-corrected chi connectivity index (χ3v) is 4.90. The maximum atomic E-state index is 11.8. The van der Waals surface area contributed by atoms with Crippen LogP contribution in [-0.2, 0) is 19.1 Å². The van der Waals surface area contributed by atoms with E-state index in [-0.39, 0.29) is 25.2 Å². The van der Waals surface area contributed by atoms with Crippen molar-refractivity contribution < 1.29 is 24.2 Å². The molecule has 5 heteroatoms. The monoisotopic (exact) mass is 400 g/mol. The molecule has 0 radical (unpaired) electrons. The molecule has 0 aromatic rings. The largest absolute Gasteiger partial charge is 0.462 e. The van der Waals surface area contributed by atoms with E-state index < -0.39 is 6.10 Å². The van der Waals surface area contributed by atoms with Gasteiger partial charge in [0, 0.05) is 12.8 Å². The molecular weight excluding hydrogens is 356 g/mol. The van der Waals surface area contributed by atoms with Gasteiger partial charge < -0.3 is 14.6 Å². The number of aliphatic hydroxyl groups excluding tert-OH is 1. The van der Waals surface area contributed by atoms with Gasteiger partial charge in [0.2, 0.25) is 0 Å². The minimum Gasteiger partial charge on any atom is -0.462 e. The lowest BCUT2D eigenvalue weighted by Crippen LogP contribution is -2.28. The number of ether oxygens (including phenoxy) is 2. The fourth-order valence-corrected chi connectivity index (χ4v) is 3.06. The molecule has 0 saturated heterocycles. The molecule has 0 saturated carbocycles. The van der Waals surface area contributed by atoms with Gasteiger partial charge in [0.25, 0.3) is 0 Å². The van der Waals surface area contributed by atoms with Crippen LogP contribution >= 0.6 is 0 Å². The van der Waals surface area contributed by atoms with E-state index in [1.54, 1.807) is 0 Å². The highest BCUT2D eigenvalue weighted by atomic mass is 16.6. The van der Waals surface area contributed by atoms with Crippen LogP contribution in [0.15, 0.2) is 0 Å². The molecule has 0 heterocycles. The Labute approximate surface area is 172 Å². The molecule has 28 heavy (non-hydrogen) atoms. The fourth-order valence-electron chi connectivity index (χ4n) is 3.06. The van der Waals surface area contributed by atoms with Gasteiger partial charge in [-0.3, -0.25) is 9.59 Å². The standard InChI is InChI=1S/C23H44O5/c1-3-5-7-8-9-10-11-12-13-14-15-16-18-23(26)28-21(19-24)20-27-22(25)17-6-4-2/h21,24H,3-20H2,1-2H3. The number of aliphatic hydroxyl groups is 1. The first-order valence-corrected chi connectivity index (χ1v) is 11.6. The summed E-state index contributed by atoms with van der Waals surface area (Å²) >= 11 is 0. The van der Waals surface area contributed by atoms with E-state index in [1.165, 1.54) is 57.8 Å². The SMILES string of the molecule is CCCCCCCCCCCCCCC(=O)OC(CO)COC(=O)CCCC. The third kappa shape index (κ3) is 18.3. The first kappa shape index (κ1) is 26.9. The maximum Gasteiger partial charge on any atom is 0.306 e. The third-order valence-electron chi connectivity index (χ3n) is 4.90. The second kappa shape index (κ2) is 20.6. The van der Waals surface area contributed by atoms with E-state index in [4.69, 9.17) is 9.47 Å². The molecule has 0 aromatic carbocycles. The van der Waals surface area contributed by atoms with Gasteiger partial charge in [-0.05, 0) is 12.8 Å². The summed E-state index contributed by atoms with van der Waals surface area (Å²) < 4.78 is 10.2. The molecule has 0 fully saturated rings. The highest BCUT2D eigenvalue weighted by Gasteiger charge is 2.15. The van der Waals surface area contributed by atoms with E-state index >= 15 is 0 Å². The summed E-state index contributed by atoms with van der Waals surface area (Å²) in [6, 6.07) is 0. The summed E-state index contributed by atoms with van der Waals surface area (Å²) in [7, 11) is 0. The molecule has 0 aliphatic carbocycles. The highest BCUT2D eigenvalue weighted by molar-refractivity contribution is 5.70. The van der Waals surface area contributed by atoms with Crippen LogP contribution in [0.5, 0.6) is 0 Å². The Morgan fingerprint density at radius 2 is 1.14 bits per heavy atom. The zero-order valence-electron chi connectivity index (χ0n) is 18.4. The number of carbonyl (C=O) groups excluding carboxylic acids is 2. The summed E-state index contributed by atoms with van der Waals surface area (Å²) in [4.78, 5) is 23.3. The van der Waals surface area contributed by atoms with Crippen LogP contribution in [0.2, 0.25) is 0 Å². The Hall–Kier alpha value is -1.10. The summed E-state index contributed by atoms with van der Waals surface area (Å²) in [5.74, 6) is -0.631. The lowest BCUT2D eigenvalue weighted by Gasteiger charge is -2.15. The van der Waals surface area contributed by atoms with Gasteiger partial charge in [0.05, 0.1) is 6.61 Å². The van der Waals surface area contributed by atoms with Gasteiger partial charge >= 0.3 is 11.9 Å². The molecule has 0 rings (SSSR count). The van der Waals surface area contributed by atoms with Crippen LogP contribution in [0.4, 0.5) is 0 Å². The number of rotatable bonds is 20. The van der Waals surface area contributed by atoms with Crippen molar-refractivity contribution in [2.45, 2.75) is 123 Å². The zero-order valence-corrected chi connectivity index (χ0v) is 18.4. The Morgan fingerprint density at radius 1 is 0.679 bits per heavy atom. The van der Waals surface area contributed by atoms with Crippen LogP contribution in [0, 0.1) is 0 Å². The summed E-state index contributed by atoms with van der Waals surface area (Å²) in [6.45, 7) is 3.85. The summed E-state index contributed by atoms with van der Waals surface area (Å²) in [6.07, 6.45) is 16.7. The number of hydrogen-bond acceptors (Lipinski definition) is 5. The van der Waals surface area contributed by atoms with Gasteiger partial charge in [-0.25, -0.2) is 0 Å². The molecule has 0 spiro atoms. The van der Waals surface area contributed by atoms with Crippen molar-refractivity contribution >= 4 is 11.9 Å². The van der Waals surface area contributed by atoms with Gasteiger partial charge in [-0.2, -0.15) is 0 Å². The van der Waals surface area contributed by atoms with E-state index in [0.717, 1.165) is 32.1 Å². The van der Waals surface area contributed by atoms with Gasteiger partial charge in [0.1, 0.15) is 6.61 Å². The fraction of sp³-hybridized carbons (Fsp3) is 0.913. The van der Waals surface area contributed by atoms with Crippen LogP contribution in [0.1, 0.15) is 117 Å². The van der Waals surface area contributed by atoms with Crippen LogP contribution < -0.4 is 0 Å². The van der Waals surface area contributed by atoms with Crippen molar-refractivity contribution in [3.05, 3.63) is 0 Å². The van der Waals surface area contributed by atoms with Crippen molar-refractivity contribution in [3.63, 3.8) is 0 Å². The van der Waals surface area contributed by atoms with Crippen molar-refractivity contribution in [3.8, 4) is 0 Å². The quantitative estimate of drug-likeness (QED) is 0.209. The first-order chi connectivity index (χ1) is 13.6. The molecule has 0 aliphatic heterocycles. The van der Waals surface area contributed by atoms with Gasteiger partial charge in [-0.1, -0.05) is 90.9 Å². The number of unbranched alkanes of at least 4 members (excludes halogenated alkanes) is 12. The van der Waals surface area contributed by atoms with E-state index in [9.17, 15) is 14.7 Å². The van der Waals surface area contributed by atoms with E-state index in [0.29, 0.717) is 12.8 Å². The van der Waals surface area contributed by atoms with Crippen LogP contribution in [0.3, 0.4) is 0 Å². The Kier molecular flexibility index (Phi) is 19.8. The Balaban J connectivity index is 3.53. The first-order valence-electron chi connectivity index (χ1n) is 11.6. The predicted octanol–water partition coefficient (Wildman–Crippen LogP) is 5.72. The van der Waals surface area contributed by atoms with Crippen molar-refractivity contribution in [1.29, 1.82) is 0 Å². The average molecular weight is 401 g/mol. The molecule has 5 nitrogen and oxygen atoms in total. The predicted molar refractivity (Wildman–Crippen MR) is 113 cm³/mol. The number of carbonyl (C=O) groups is 2. The van der Waals surface area contributed by atoms with Crippen molar-refractivity contribution in [2.24, 2.45) is 0 Å². The molecule has 1 unspecified atom stereocenters. The topological polar surface area (TPSA) is 72.8 Å². The second-order valence-electron chi connectivity index (χ2n) is 7.72. The van der Waals surface area contributed by atoms with Crippen LogP contribution in [-0.4, -0.2) is 36.4 Å². The number of hydrogen-bond donors (Lipinski definition) is 1. The molecule has 0 bridgehead atoms. The zero-order chi connectivity index (χ0) is 20.9. The van der Waals surface area contributed by atoms with E-state index in [2.05, 4.69) is 6.92 Å². The Morgan fingerprint density at radius 3 is 1.64 bits per heavy atom. The molecule has 0 aliphatic rings. The second-order valence-corrected chi connectivity index (χ2v) is 7.72. The Bertz CT molecular complexity index is 370. The molecule has 0 aromatic heterocycles. The van der Waals surface area contributed by atoms with E-state index in [1.807, 2.05) is 6.92 Å². The number of esters is 2. The van der Waals surface area contributed by atoms with Crippen LogP contribution in [0.25, 0.3) is 0 Å². The lowest BCUT2D eigenvalue weighted by atomic mass is 10.0. The van der Waals surface area contributed by atoms with Gasteiger partial charge in [0.15, 0.2) is 6.10 Å². The summed E-state index contributed by atoms with van der Waals surface area (Å²) in [5, 5.41) is 9.27.